The second kappa shape index (κ2) is 24.8. The zero-order chi connectivity index (χ0) is 56.4. The molecule has 6 aromatic rings. The van der Waals surface area contributed by atoms with Crippen molar-refractivity contribution in [1.82, 2.24) is 30.7 Å². The number of ether oxygens (including phenoxy) is 4. The molecule has 79 heavy (non-hydrogen) atoms. The molecular weight excluding hydrogens is 1010 g/mol. The Balaban J connectivity index is 1.14. The van der Waals surface area contributed by atoms with Crippen LogP contribution >= 0.6 is 0 Å². The molecule has 8 rings (SSSR count). The minimum Gasteiger partial charge on any atom is -0.467 e. The number of alkyl carbamates (subject to hydrolysis) is 1. The number of rotatable bonds is 20. The zero-order valence-electron chi connectivity index (χ0n) is 45.5. The first-order chi connectivity index (χ1) is 37.8. The van der Waals surface area contributed by atoms with Gasteiger partial charge in [-0.25, -0.2) is 19.2 Å². The van der Waals surface area contributed by atoms with E-state index in [1.54, 1.807) is 20.8 Å². The number of amides is 5. The van der Waals surface area contributed by atoms with Crippen molar-refractivity contribution in [1.29, 1.82) is 0 Å². The number of benzene rings is 5. The third kappa shape index (κ3) is 13.4. The number of anilines is 1. The van der Waals surface area contributed by atoms with E-state index in [9.17, 15) is 28.8 Å². The van der Waals surface area contributed by atoms with Crippen LogP contribution in [0.2, 0.25) is 0 Å². The molecule has 18 nitrogen and oxygen atoms in total. The van der Waals surface area contributed by atoms with E-state index in [-0.39, 0.29) is 44.8 Å². The van der Waals surface area contributed by atoms with Crippen LogP contribution in [0.5, 0.6) is 0 Å². The number of para-hydroxylation sites is 2. The Bertz CT molecular complexity index is 3140. The summed E-state index contributed by atoms with van der Waals surface area (Å²) in [5.41, 5.74) is 2.78. The van der Waals surface area contributed by atoms with Gasteiger partial charge in [0.15, 0.2) is 0 Å². The Labute approximate surface area is 459 Å². The Kier molecular flexibility index (Phi) is 17.7. The Morgan fingerprint density at radius 1 is 0.646 bits per heavy atom. The lowest BCUT2D eigenvalue weighted by atomic mass is 9.86. The standard InChI is InChI=1S/C61H69N7O11/c1-38(2)31-48(56(73)77-36-41-23-13-9-14-24-41)63-52(69)39(3)62-53(70)47(66-58(74)79-60(4,5)6)33-43-35-67(50-30-20-17-27-44(43)50)61-34-51(54(71)64-49(55(72)76-7)32-40-21-11-8-12-22-40)68(57(61)65-46-29-19-18-28-45(46)61)59(75)78-37-42-25-15-10-16-26-42/h8-30,35,38-39,47-49,51,57,65H,31-34,36-37H2,1-7H3,(H,62,70)(H,63,69)(H,64,71)(H,66,74)/t39-,47-,48-,49-,51-,57-,61+/m0/s1. The van der Waals surface area contributed by atoms with Gasteiger partial charge in [0.05, 0.1) is 7.11 Å². The van der Waals surface area contributed by atoms with Gasteiger partial charge in [0, 0.05) is 47.6 Å². The average Bonchev–Trinajstić information content (AvgIpc) is 3.24. The van der Waals surface area contributed by atoms with E-state index in [1.165, 1.54) is 18.9 Å². The summed E-state index contributed by atoms with van der Waals surface area (Å²) in [6, 6.07) is 36.7. The summed E-state index contributed by atoms with van der Waals surface area (Å²) in [5.74, 6) is -3.28. The molecule has 0 saturated carbocycles. The molecule has 1 fully saturated rings. The van der Waals surface area contributed by atoms with Crippen LogP contribution in [0.4, 0.5) is 15.3 Å². The van der Waals surface area contributed by atoms with Crippen molar-refractivity contribution in [2.45, 2.75) is 128 Å². The molecule has 1 saturated heterocycles. The predicted molar refractivity (Wildman–Crippen MR) is 296 cm³/mol. The van der Waals surface area contributed by atoms with Crippen LogP contribution in [0, 0.1) is 5.92 Å². The highest BCUT2D eigenvalue weighted by Crippen LogP contribution is 2.53. The molecule has 414 valence electrons. The minimum absolute atomic E-state index is 0.0000127. The summed E-state index contributed by atoms with van der Waals surface area (Å²) in [6.45, 7) is 10.3. The molecule has 18 heteroatoms. The van der Waals surface area contributed by atoms with E-state index in [1.807, 2.05) is 164 Å². The summed E-state index contributed by atoms with van der Waals surface area (Å²) in [6.07, 6.45) is -0.543. The third-order valence-electron chi connectivity index (χ3n) is 14.0. The van der Waals surface area contributed by atoms with Crippen molar-refractivity contribution in [3.8, 4) is 0 Å². The van der Waals surface area contributed by atoms with Crippen molar-refractivity contribution in [3.05, 3.63) is 174 Å². The van der Waals surface area contributed by atoms with E-state index < -0.39 is 89.4 Å². The number of esters is 2. The predicted octanol–water partition coefficient (Wildman–Crippen LogP) is 7.66. The van der Waals surface area contributed by atoms with Crippen LogP contribution in [-0.2, 0) is 74.5 Å². The van der Waals surface area contributed by atoms with Gasteiger partial charge in [0.25, 0.3) is 0 Å². The molecule has 2 aliphatic rings. The number of nitrogens with zero attached hydrogens (tertiary/aromatic N) is 2. The Morgan fingerprint density at radius 3 is 1.87 bits per heavy atom. The topological polar surface area (TPSA) is 225 Å². The molecule has 5 amide bonds. The number of hydrogen-bond donors (Lipinski definition) is 5. The number of methoxy groups -OCH3 is 1. The van der Waals surface area contributed by atoms with Crippen LogP contribution in [0.3, 0.4) is 0 Å². The van der Waals surface area contributed by atoms with Gasteiger partial charge in [-0.1, -0.05) is 141 Å². The van der Waals surface area contributed by atoms with Crippen molar-refractivity contribution < 1.29 is 52.5 Å². The summed E-state index contributed by atoms with van der Waals surface area (Å²) in [4.78, 5) is 100. The molecule has 0 radical (unpaired) electrons. The average molecular weight is 1080 g/mol. The fourth-order valence-corrected chi connectivity index (χ4v) is 10.4. The highest BCUT2D eigenvalue weighted by molar-refractivity contribution is 5.95. The quantitative estimate of drug-likeness (QED) is 0.0367. The van der Waals surface area contributed by atoms with Gasteiger partial charge in [-0.05, 0) is 74.4 Å². The molecule has 7 atom stereocenters. The number of carbonyl (C=O) groups excluding carboxylic acids is 7. The van der Waals surface area contributed by atoms with Gasteiger partial charge in [0.1, 0.15) is 60.7 Å². The molecule has 0 bridgehead atoms. The molecule has 3 heterocycles. The first kappa shape index (κ1) is 56.5. The highest BCUT2D eigenvalue weighted by Gasteiger charge is 2.63. The number of nitrogens with one attached hydrogen (secondary N) is 5. The number of likely N-dealkylation sites (tertiary alicyclic amines) is 1. The fourth-order valence-electron chi connectivity index (χ4n) is 10.4. The van der Waals surface area contributed by atoms with Crippen LogP contribution in [-0.4, -0.2) is 100 Å². The van der Waals surface area contributed by atoms with E-state index >= 15 is 4.79 Å². The summed E-state index contributed by atoms with van der Waals surface area (Å²) < 4.78 is 24.5. The van der Waals surface area contributed by atoms with Crippen LogP contribution in [0.15, 0.2) is 146 Å². The zero-order valence-corrected chi connectivity index (χ0v) is 45.5. The van der Waals surface area contributed by atoms with Gasteiger partial charge < -0.3 is 50.1 Å². The lowest BCUT2D eigenvalue weighted by Gasteiger charge is -2.34. The highest BCUT2D eigenvalue weighted by atomic mass is 16.6. The van der Waals surface area contributed by atoms with Crippen LogP contribution < -0.4 is 26.6 Å². The smallest absolute Gasteiger partial charge is 0.412 e. The number of carbonyl (C=O) groups is 7. The first-order valence-electron chi connectivity index (χ1n) is 26.5. The summed E-state index contributed by atoms with van der Waals surface area (Å²) in [7, 11) is 1.25. The van der Waals surface area contributed by atoms with Crippen LogP contribution in [0.1, 0.15) is 82.2 Å². The first-order valence-corrected chi connectivity index (χ1v) is 26.5. The second-order valence-corrected chi connectivity index (χ2v) is 21.4. The lowest BCUT2D eigenvalue weighted by Crippen LogP contribution is -2.55. The summed E-state index contributed by atoms with van der Waals surface area (Å²) in [5, 5.41) is 15.4. The van der Waals surface area contributed by atoms with E-state index in [2.05, 4.69) is 26.6 Å². The third-order valence-corrected chi connectivity index (χ3v) is 14.0. The Hall–Kier alpha value is -8.67. The second-order valence-electron chi connectivity index (χ2n) is 21.4. The maximum absolute atomic E-state index is 15.1. The maximum Gasteiger partial charge on any atom is 0.412 e. The van der Waals surface area contributed by atoms with Crippen molar-refractivity contribution in [2.24, 2.45) is 5.92 Å². The minimum atomic E-state index is -1.33. The number of fused-ring (bicyclic) bond motifs is 4. The molecule has 2 aliphatic heterocycles. The van der Waals surface area contributed by atoms with Gasteiger partial charge >= 0.3 is 24.1 Å². The molecule has 0 aliphatic carbocycles. The monoisotopic (exact) mass is 1080 g/mol. The number of aromatic nitrogens is 1. The molecule has 1 aromatic heterocycles. The van der Waals surface area contributed by atoms with Gasteiger partial charge in [-0.15, -0.1) is 0 Å². The number of hydrogen-bond acceptors (Lipinski definition) is 12. The fraction of sp³-hybridized carbons (Fsp3) is 0.361. The van der Waals surface area contributed by atoms with Gasteiger partial charge in [-0.3, -0.25) is 19.3 Å². The molecule has 0 spiro atoms. The van der Waals surface area contributed by atoms with Crippen LogP contribution in [0.25, 0.3) is 10.9 Å². The van der Waals surface area contributed by atoms with E-state index in [4.69, 9.17) is 18.9 Å². The summed E-state index contributed by atoms with van der Waals surface area (Å²) >= 11 is 0. The molecule has 5 N–H and O–H groups in total. The van der Waals surface area contributed by atoms with E-state index in [0.717, 1.165) is 22.3 Å². The Morgan fingerprint density at radius 2 is 1.24 bits per heavy atom. The largest absolute Gasteiger partial charge is 0.467 e. The normalized spacial score (nSPS) is 17.9. The molecular formula is C61H69N7O11. The molecule has 0 unspecified atom stereocenters. The van der Waals surface area contributed by atoms with Gasteiger partial charge in [-0.2, -0.15) is 0 Å². The van der Waals surface area contributed by atoms with Gasteiger partial charge in [0.2, 0.25) is 17.7 Å². The lowest BCUT2D eigenvalue weighted by molar-refractivity contribution is -0.149. The molecule has 5 aromatic carbocycles. The van der Waals surface area contributed by atoms with Crippen molar-refractivity contribution in [3.63, 3.8) is 0 Å². The maximum atomic E-state index is 15.1. The van der Waals surface area contributed by atoms with E-state index in [0.29, 0.717) is 22.2 Å². The van der Waals surface area contributed by atoms with Crippen molar-refractivity contribution in [2.75, 3.05) is 12.4 Å². The van der Waals surface area contributed by atoms with Crippen molar-refractivity contribution >= 4 is 58.4 Å². The SMILES string of the molecule is COC(=O)[C@H](Cc1ccccc1)NC(=O)[C@@H]1C[C@@]2(n3cc(C[C@H](NC(=O)OC(C)(C)C)C(=O)N[C@@H](C)C(=O)N[C@@H](CC(C)C)C(=O)OCc4ccccc4)c4ccccc43)c3ccccc3N[C@H]2N1C(=O)OCc1ccccc1.